The molecule has 5 heteroatoms. The molecule has 1 aromatic rings. The van der Waals surface area contributed by atoms with Crippen LogP contribution in [0.4, 0.5) is 13.2 Å². The van der Waals surface area contributed by atoms with Crippen molar-refractivity contribution in [1.82, 2.24) is 0 Å². The Balaban J connectivity index is 3.36. The predicted octanol–water partition coefficient (Wildman–Crippen LogP) is 3.79. The van der Waals surface area contributed by atoms with Crippen molar-refractivity contribution in [2.45, 2.75) is 33.1 Å². The van der Waals surface area contributed by atoms with Crippen LogP contribution in [-0.4, -0.2) is 12.2 Å². The van der Waals surface area contributed by atoms with Crippen LogP contribution in [0.1, 0.15) is 38.0 Å². The molecule has 18 heavy (non-hydrogen) atoms. The zero-order valence-corrected chi connectivity index (χ0v) is 10.8. The molecule has 102 valence electrons. The van der Waals surface area contributed by atoms with Gasteiger partial charge < -0.3 is 9.84 Å². The van der Waals surface area contributed by atoms with Crippen LogP contribution in [0.2, 0.25) is 0 Å². The molecule has 1 atom stereocenters. The van der Waals surface area contributed by atoms with E-state index < -0.39 is 23.3 Å². The smallest absolute Gasteiger partial charge is 0.416 e. The first-order valence-electron chi connectivity index (χ1n) is 5.50. The summed E-state index contributed by atoms with van der Waals surface area (Å²) < 4.78 is 43.6. The third-order valence-electron chi connectivity index (χ3n) is 2.68. The number of aliphatic hydroxyl groups excluding tert-OH is 1. The zero-order chi connectivity index (χ0) is 14.1. The van der Waals surface area contributed by atoms with Gasteiger partial charge in [-0.25, -0.2) is 0 Å². The summed E-state index contributed by atoms with van der Waals surface area (Å²) in [7, 11) is 1.30. The number of methoxy groups -OCH3 is 1. The van der Waals surface area contributed by atoms with Crippen molar-refractivity contribution < 1.29 is 23.0 Å². The molecule has 0 amide bonds. The van der Waals surface area contributed by atoms with Crippen LogP contribution in [-0.2, 0) is 6.18 Å². The lowest BCUT2D eigenvalue weighted by Crippen LogP contribution is -2.21. The fourth-order valence-corrected chi connectivity index (χ4v) is 1.61. The van der Waals surface area contributed by atoms with Crippen molar-refractivity contribution in [3.05, 3.63) is 29.3 Å². The third kappa shape index (κ3) is 3.16. The molecule has 0 fully saturated rings. The molecule has 0 aliphatic rings. The SMILES string of the molecule is COc1ccc(C(O)C(C)(C)C)c(C(F)(F)F)c1. The molecule has 1 aromatic carbocycles. The van der Waals surface area contributed by atoms with E-state index in [0.717, 1.165) is 6.07 Å². The Morgan fingerprint density at radius 3 is 2.11 bits per heavy atom. The summed E-state index contributed by atoms with van der Waals surface area (Å²) in [4.78, 5) is 0. The highest BCUT2D eigenvalue weighted by atomic mass is 19.4. The van der Waals surface area contributed by atoms with Crippen molar-refractivity contribution in [3.8, 4) is 5.75 Å². The van der Waals surface area contributed by atoms with Gasteiger partial charge >= 0.3 is 6.18 Å². The molecule has 0 bridgehead atoms. The number of hydrogen-bond donors (Lipinski definition) is 1. The number of rotatable bonds is 2. The number of aliphatic hydroxyl groups is 1. The van der Waals surface area contributed by atoms with Gasteiger partial charge in [-0.05, 0) is 23.1 Å². The molecule has 1 rings (SSSR count). The second kappa shape index (κ2) is 4.80. The molecule has 2 nitrogen and oxygen atoms in total. The molecule has 0 spiro atoms. The van der Waals surface area contributed by atoms with Gasteiger partial charge in [-0.15, -0.1) is 0 Å². The topological polar surface area (TPSA) is 29.5 Å². The minimum Gasteiger partial charge on any atom is -0.497 e. The Labute approximate surface area is 104 Å². The van der Waals surface area contributed by atoms with Crippen molar-refractivity contribution in [2.24, 2.45) is 5.41 Å². The number of alkyl halides is 3. The van der Waals surface area contributed by atoms with E-state index in [1.807, 2.05) is 0 Å². The van der Waals surface area contributed by atoms with E-state index in [9.17, 15) is 18.3 Å². The first-order chi connectivity index (χ1) is 8.07. The van der Waals surface area contributed by atoms with Crippen LogP contribution >= 0.6 is 0 Å². The number of halogens is 3. The maximum absolute atomic E-state index is 12.9. The van der Waals surface area contributed by atoms with E-state index in [-0.39, 0.29) is 11.3 Å². The highest BCUT2D eigenvalue weighted by Crippen LogP contribution is 2.41. The van der Waals surface area contributed by atoms with Gasteiger partial charge in [0, 0.05) is 0 Å². The van der Waals surface area contributed by atoms with Gasteiger partial charge in [0.2, 0.25) is 0 Å². The number of hydrogen-bond acceptors (Lipinski definition) is 2. The summed E-state index contributed by atoms with van der Waals surface area (Å²) in [5, 5.41) is 10.0. The summed E-state index contributed by atoms with van der Waals surface area (Å²) in [6, 6.07) is 3.58. The van der Waals surface area contributed by atoms with Gasteiger partial charge in [-0.3, -0.25) is 0 Å². The molecule has 0 saturated carbocycles. The zero-order valence-electron chi connectivity index (χ0n) is 10.8. The quantitative estimate of drug-likeness (QED) is 0.878. The van der Waals surface area contributed by atoms with Gasteiger partial charge in [-0.1, -0.05) is 26.8 Å². The monoisotopic (exact) mass is 262 g/mol. The number of benzene rings is 1. The van der Waals surface area contributed by atoms with Crippen molar-refractivity contribution in [2.75, 3.05) is 7.11 Å². The van der Waals surface area contributed by atoms with Gasteiger partial charge in [0.25, 0.3) is 0 Å². The molecular weight excluding hydrogens is 245 g/mol. The molecule has 0 radical (unpaired) electrons. The Morgan fingerprint density at radius 1 is 1.17 bits per heavy atom. The van der Waals surface area contributed by atoms with E-state index in [1.165, 1.54) is 19.2 Å². The summed E-state index contributed by atoms with van der Waals surface area (Å²) in [6.07, 6.45) is -5.71. The van der Waals surface area contributed by atoms with Crippen molar-refractivity contribution >= 4 is 0 Å². The highest BCUT2D eigenvalue weighted by molar-refractivity contribution is 5.39. The van der Waals surface area contributed by atoms with Crippen LogP contribution in [0.5, 0.6) is 5.75 Å². The lowest BCUT2D eigenvalue weighted by Gasteiger charge is -2.28. The lowest BCUT2D eigenvalue weighted by molar-refractivity contribution is -0.140. The highest BCUT2D eigenvalue weighted by Gasteiger charge is 2.38. The van der Waals surface area contributed by atoms with Crippen LogP contribution < -0.4 is 4.74 Å². The van der Waals surface area contributed by atoms with Gasteiger partial charge in [0.05, 0.1) is 18.8 Å². The van der Waals surface area contributed by atoms with Gasteiger partial charge in [0.15, 0.2) is 0 Å². The molecule has 0 saturated heterocycles. The van der Waals surface area contributed by atoms with E-state index in [0.29, 0.717) is 0 Å². The molecule has 0 aromatic heterocycles. The molecule has 0 heterocycles. The van der Waals surface area contributed by atoms with E-state index in [1.54, 1.807) is 20.8 Å². The van der Waals surface area contributed by atoms with Crippen LogP contribution in [0.25, 0.3) is 0 Å². The standard InChI is InChI=1S/C13H17F3O2/c1-12(2,3)11(17)9-6-5-8(18-4)7-10(9)13(14,15)16/h5-7,11,17H,1-4H3. The Bertz CT molecular complexity index is 419. The van der Waals surface area contributed by atoms with Crippen molar-refractivity contribution in [3.63, 3.8) is 0 Å². The van der Waals surface area contributed by atoms with Crippen LogP contribution in [0.3, 0.4) is 0 Å². The largest absolute Gasteiger partial charge is 0.497 e. The van der Waals surface area contributed by atoms with E-state index in [4.69, 9.17) is 4.74 Å². The maximum Gasteiger partial charge on any atom is 0.416 e. The second-order valence-electron chi connectivity index (χ2n) is 5.22. The van der Waals surface area contributed by atoms with Gasteiger partial charge in [0.1, 0.15) is 5.75 Å². The Hall–Kier alpha value is -1.23. The normalized spacial score (nSPS) is 14.4. The predicted molar refractivity (Wildman–Crippen MR) is 62.4 cm³/mol. The maximum atomic E-state index is 12.9. The molecular formula is C13H17F3O2. The third-order valence-corrected chi connectivity index (χ3v) is 2.68. The summed E-state index contributed by atoms with van der Waals surface area (Å²) in [5.41, 5.74) is -1.66. The number of ether oxygens (including phenoxy) is 1. The average molecular weight is 262 g/mol. The first-order valence-corrected chi connectivity index (χ1v) is 5.50. The Kier molecular flexibility index (Phi) is 3.96. The van der Waals surface area contributed by atoms with Crippen molar-refractivity contribution in [1.29, 1.82) is 0 Å². The molecule has 0 aliphatic carbocycles. The van der Waals surface area contributed by atoms with Gasteiger partial charge in [-0.2, -0.15) is 13.2 Å². The lowest BCUT2D eigenvalue weighted by atomic mass is 9.83. The Morgan fingerprint density at radius 2 is 1.72 bits per heavy atom. The fraction of sp³-hybridized carbons (Fsp3) is 0.538. The minimum absolute atomic E-state index is 0.118. The van der Waals surface area contributed by atoms with Crippen LogP contribution in [0.15, 0.2) is 18.2 Å². The molecule has 0 aliphatic heterocycles. The summed E-state index contributed by atoms with van der Waals surface area (Å²) in [5.74, 6) is 0.118. The van der Waals surface area contributed by atoms with Crippen LogP contribution in [0, 0.1) is 5.41 Å². The summed E-state index contributed by atoms with van der Waals surface area (Å²) in [6.45, 7) is 5.05. The fourth-order valence-electron chi connectivity index (χ4n) is 1.61. The molecule has 1 unspecified atom stereocenters. The minimum atomic E-state index is -4.52. The molecule has 1 N–H and O–H groups in total. The van der Waals surface area contributed by atoms with E-state index >= 15 is 0 Å². The summed E-state index contributed by atoms with van der Waals surface area (Å²) >= 11 is 0. The first kappa shape index (κ1) is 14.8. The van der Waals surface area contributed by atoms with E-state index in [2.05, 4.69) is 0 Å². The second-order valence-corrected chi connectivity index (χ2v) is 5.22. The average Bonchev–Trinajstić information content (AvgIpc) is 2.24.